The number of benzene rings is 2. The summed E-state index contributed by atoms with van der Waals surface area (Å²) in [5.41, 5.74) is 0.324. The van der Waals surface area contributed by atoms with Gasteiger partial charge in [0.25, 0.3) is 0 Å². The van der Waals surface area contributed by atoms with Crippen molar-refractivity contribution >= 4 is 17.7 Å². The molecule has 2 aliphatic carbocycles. The van der Waals surface area contributed by atoms with E-state index in [0.717, 1.165) is 0 Å². The minimum Gasteiger partial charge on any atom is -0.282 e. The Balaban J connectivity index is 2.02. The lowest BCUT2D eigenvalue weighted by molar-refractivity contribution is 1.06. The van der Waals surface area contributed by atoms with E-state index in [9.17, 15) is 0 Å². The maximum absolute atomic E-state index is 5.46. The first-order chi connectivity index (χ1) is 11.9. The molecule has 4 rings (SSSR count). The van der Waals surface area contributed by atoms with Crippen LogP contribution in [0, 0.1) is 0 Å². The van der Waals surface area contributed by atoms with Gasteiger partial charge in [0.1, 0.15) is 0 Å². The molecule has 0 atom stereocenters. The lowest BCUT2D eigenvalue weighted by Gasteiger charge is -2.31. The first-order valence-electron chi connectivity index (χ1n) is 8.32. The Morgan fingerprint density at radius 2 is 1.04 bits per heavy atom. The molecule has 0 aliphatic heterocycles. The summed E-state index contributed by atoms with van der Waals surface area (Å²) in [6, 6.07) is 21.8. The Labute approximate surface area is 143 Å². The summed E-state index contributed by atoms with van der Waals surface area (Å²) in [7, 11) is -1.95. The summed E-state index contributed by atoms with van der Waals surface area (Å²) in [6.07, 6.45) is 17.5. The average Bonchev–Trinajstić information content (AvgIpc) is 3.35. The van der Waals surface area contributed by atoms with Gasteiger partial charge in [-0.1, -0.05) is 109 Å². The second-order valence-electron chi connectivity index (χ2n) is 5.99. The van der Waals surface area contributed by atoms with Crippen LogP contribution in [-0.2, 0) is 0 Å². The fraction of sp³-hybridized carbons (Fsp3) is 0.0909. The molecule has 0 aromatic heterocycles. The van der Waals surface area contributed by atoms with E-state index in [0.29, 0.717) is 5.66 Å². The van der Waals surface area contributed by atoms with Crippen molar-refractivity contribution in [3.05, 3.63) is 109 Å². The monoisotopic (exact) mass is 329 g/mol. The molecule has 0 saturated heterocycles. The minimum absolute atomic E-state index is 0.154. The van der Waals surface area contributed by atoms with Gasteiger partial charge < -0.3 is 0 Å². The molecule has 118 valence electrons. The number of nitrogens with zero attached hydrogens (tertiary/aromatic N) is 1. The fourth-order valence-corrected chi connectivity index (χ4v) is 7.32. The van der Waals surface area contributed by atoms with Crippen LogP contribution >= 0.6 is 7.05 Å². The third kappa shape index (κ3) is 2.66. The number of hydrogen-bond donors (Lipinski definition) is 0. The molecule has 1 nitrogen and oxygen atoms in total. The van der Waals surface area contributed by atoms with Crippen LogP contribution in [0.4, 0.5) is 0 Å². The van der Waals surface area contributed by atoms with Gasteiger partial charge in [-0.2, -0.15) is 0 Å². The van der Waals surface area contributed by atoms with Crippen molar-refractivity contribution in [2.24, 2.45) is 4.74 Å². The van der Waals surface area contributed by atoms with Crippen molar-refractivity contribution in [3.8, 4) is 0 Å². The standard InChI is InChI=1S/C22H20NP/c1-3-13-20(14-4-1)24(22-17-9-10-18-22,21-15-5-2-6-16-21)23-19-11-7-8-12-19/h1-19,22H. The molecule has 24 heavy (non-hydrogen) atoms. The molecule has 2 heteroatoms. The highest BCUT2D eigenvalue weighted by Gasteiger charge is 2.32. The van der Waals surface area contributed by atoms with E-state index in [2.05, 4.69) is 109 Å². The van der Waals surface area contributed by atoms with Crippen LogP contribution in [0.1, 0.15) is 0 Å². The van der Waals surface area contributed by atoms with Gasteiger partial charge in [-0.25, -0.2) is 0 Å². The summed E-state index contributed by atoms with van der Waals surface area (Å²) >= 11 is 0. The number of allylic oxidation sites excluding steroid dienone is 6. The third-order valence-electron chi connectivity index (χ3n) is 4.50. The van der Waals surface area contributed by atoms with Gasteiger partial charge in [-0.05, 0) is 10.6 Å². The lowest BCUT2D eigenvalue weighted by Crippen LogP contribution is -2.24. The second kappa shape index (κ2) is 6.63. The smallest absolute Gasteiger partial charge is 0.0860 e. The Bertz CT molecular complexity index is 805. The minimum atomic E-state index is -1.95. The molecule has 2 aliphatic rings. The Morgan fingerprint density at radius 1 is 0.583 bits per heavy atom. The number of rotatable bonds is 4. The molecule has 0 bridgehead atoms. The molecule has 2 aromatic rings. The highest BCUT2D eigenvalue weighted by Crippen LogP contribution is 2.55. The third-order valence-corrected chi connectivity index (χ3v) is 8.51. The SMILES string of the molecule is C1=CC(N=P(c2ccccc2)(c2ccccc2)C2C=CC=C2)C=C1. The molecule has 0 amide bonds. The van der Waals surface area contributed by atoms with E-state index in [1.54, 1.807) is 0 Å². The second-order valence-corrected chi connectivity index (χ2v) is 9.22. The maximum Gasteiger partial charge on any atom is 0.0860 e. The average molecular weight is 329 g/mol. The van der Waals surface area contributed by atoms with Gasteiger partial charge in [0, 0.05) is 12.7 Å². The lowest BCUT2D eigenvalue weighted by atomic mass is 10.4. The topological polar surface area (TPSA) is 12.4 Å². The maximum atomic E-state index is 5.46. The van der Waals surface area contributed by atoms with Crippen molar-refractivity contribution in [2.45, 2.75) is 11.7 Å². The fourth-order valence-electron chi connectivity index (χ4n) is 3.39. The van der Waals surface area contributed by atoms with E-state index in [4.69, 9.17) is 4.74 Å². The van der Waals surface area contributed by atoms with Crippen molar-refractivity contribution in [1.29, 1.82) is 0 Å². The van der Waals surface area contributed by atoms with E-state index in [1.807, 2.05) is 0 Å². The molecular formula is C22H20NP. The van der Waals surface area contributed by atoms with Gasteiger partial charge in [-0.15, -0.1) is 0 Å². The first-order valence-corrected chi connectivity index (χ1v) is 10.1. The molecule has 0 N–H and O–H groups in total. The van der Waals surface area contributed by atoms with E-state index in [1.165, 1.54) is 10.6 Å². The largest absolute Gasteiger partial charge is 0.282 e. The summed E-state index contributed by atoms with van der Waals surface area (Å²) in [5.74, 6) is 0. The van der Waals surface area contributed by atoms with Crippen LogP contribution < -0.4 is 10.6 Å². The molecular weight excluding hydrogens is 309 g/mol. The van der Waals surface area contributed by atoms with Gasteiger partial charge >= 0.3 is 0 Å². The molecule has 0 spiro atoms. The van der Waals surface area contributed by atoms with Crippen molar-refractivity contribution in [3.63, 3.8) is 0 Å². The van der Waals surface area contributed by atoms with Crippen LogP contribution in [0.5, 0.6) is 0 Å². The van der Waals surface area contributed by atoms with Gasteiger partial charge in [0.05, 0.1) is 6.04 Å². The highest BCUT2D eigenvalue weighted by atomic mass is 31.2. The molecule has 0 saturated carbocycles. The van der Waals surface area contributed by atoms with E-state index >= 15 is 0 Å². The quantitative estimate of drug-likeness (QED) is 0.713. The van der Waals surface area contributed by atoms with Gasteiger partial charge in [0.15, 0.2) is 0 Å². The summed E-state index contributed by atoms with van der Waals surface area (Å²) < 4.78 is 5.46. The van der Waals surface area contributed by atoms with Crippen molar-refractivity contribution in [1.82, 2.24) is 0 Å². The first kappa shape index (κ1) is 15.2. The molecule has 0 fully saturated rings. The Hall–Kier alpha value is -2.37. The summed E-state index contributed by atoms with van der Waals surface area (Å²) in [5, 5.41) is 2.68. The molecule has 0 unspecified atom stereocenters. The Kier molecular flexibility index (Phi) is 4.19. The van der Waals surface area contributed by atoms with Crippen molar-refractivity contribution in [2.75, 3.05) is 0 Å². The predicted octanol–water partition coefficient (Wildman–Crippen LogP) is 4.83. The zero-order valence-electron chi connectivity index (χ0n) is 13.4. The van der Waals surface area contributed by atoms with Crippen LogP contribution in [0.15, 0.2) is 114 Å². The van der Waals surface area contributed by atoms with Crippen LogP contribution in [0.25, 0.3) is 0 Å². The van der Waals surface area contributed by atoms with Gasteiger partial charge in [0.2, 0.25) is 0 Å². The molecule has 0 radical (unpaired) electrons. The van der Waals surface area contributed by atoms with Gasteiger partial charge in [-0.3, -0.25) is 4.74 Å². The van der Waals surface area contributed by atoms with Crippen LogP contribution in [0.2, 0.25) is 0 Å². The number of hydrogen-bond acceptors (Lipinski definition) is 1. The zero-order valence-corrected chi connectivity index (χ0v) is 14.3. The zero-order chi connectivity index (χ0) is 16.2. The normalized spacial score (nSPS) is 17.0. The van der Waals surface area contributed by atoms with E-state index in [-0.39, 0.29) is 6.04 Å². The molecule has 2 aromatic carbocycles. The summed E-state index contributed by atoms with van der Waals surface area (Å²) in [6.45, 7) is 0. The molecule has 0 heterocycles. The highest BCUT2D eigenvalue weighted by molar-refractivity contribution is 7.81. The van der Waals surface area contributed by atoms with Crippen LogP contribution in [0.3, 0.4) is 0 Å². The summed E-state index contributed by atoms with van der Waals surface area (Å²) in [4.78, 5) is 0. The Morgan fingerprint density at radius 3 is 1.54 bits per heavy atom. The van der Waals surface area contributed by atoms with Crippen molar-refractivity contribution < 1.29 is 0 Å². The van der Waals surface area contributed by atoms with E-state index < -0.39 is 7.05 Å². The van der Waals surface area contributed by atoms with Crippen LogP contribution in [-0.4, -0.2) is 11.7 Å². The predicted molar refractivity (Wildman–Crippen MR) is 106 cm³/mol.